The average molecular weight is 301 g/mol. The monoisotopic (exact) mass is 301 g/mol. The summed E-state index contributed by atoms with van der Waals surface area (Å²) >= 11 is 0. The van der Waals surface area contributed by atoms with Crippen LogP contribution >= 0.6 is 0 Å². The van der Waals surface area contributed by atoms with E-state index in [1.165, 1.54) is 11.1 Å². The van der Waals surface area contributed by atoms with Crippen LogP contribution in [0, 0.1) is 11.8 Å². The molecule has 2 fully saturated rings. The van der Waals surface area contributed by atoms with E-state index in [4.69, 9.17) is 4.74 Å². The highest BCUT2D eigenvalue weighted by Crippen LogP contribution is 2.44. The quantitative estimate of drug-likeness (QED) is 0.895. The Morgan fingerprint density at radius 1 is 1.09 bits per heavy atom. The molecule has 2 aliphatic heterocycles. The molecule has 3 aliphatic rings. The molecule has 5 nitrogen and oxygen atoms in total. The lowest BCUT2D eigenvalue weighted by molar-refractivity contribution is -0.147. The molecule has 0 unspecified atom stereocenters. The van der Waals surface area contributed by atoms with Crippen molar-refractivity contribution in [3.8, 4) is 0 Å². The number of anilines is 1. The minimum absolute atomic E-state index is 0.224. The molecule has 1 aromatic rings. The Morgan fingerprint density at radius 2 is 1.82 bits per heavy atom. The van der Waals surface area contributed by atoms with E-state index in [1.54, 1.807) is 0 Å². The van der Waals surface area contributed by atoms with E-state index in [0.717, 1.165) is 37.8 Å². The van der Waals surface area contributed by atoms with Crippen molar-refractivity contribution < 1.29 is 19.4 Å². The first-order chi connectivity index (χ1) is 10.6. The number of ether oxygens (including phenoxy) is 1. The van der Waals surface area contributed by atoms with E-state index in [2.05, 4.69) is 11.4 Å². The van der Waals surface area contributed by atoms with Gasteiger partial charge in [-0.2, -0.15) is 0 Å². The van der Waals surface area contributed by atoms with Crippen LogP contribution in [0.5, 0.6) is 0 Å². The Morgan fingerprint density at radius 3 is 2.59 bits per heavy atom. The van der Waals surface area contributed by atoms with Gasteiger partial charge in [0.1, 0.15) is 0 Å². The highest BCUT2D eigenvalue weighted by Gasteiger charge is 2.55. The van der Waals surface area contributed by atoms with Gasteiger partial charge in [-0.15, -0.1) is 0 Å². The number of aryl methyl sites for hydroxylation is 2. The van der Waals surface area contributed by atoms with E-state index in [1.807, 2.05) is 12.1 Å². The van der Waals surface area contributed by atoms with Gasteiger partial charge in [-0.3, -0.25) is 9.59 Å². The number of nitrogens with one attached hydrogen (secondary N) is 1. The Labute approximate surface area is 128 Å². The minimum atomic E-state index is -0.929. The van der Waals surface area contributed by atoms with Crippen LogP contribution in [0.1, 0.15) is 30.4 Å². The van der Waals surface area contributed by atoms with Crippen molar-refractivity contribution in [3.05, 3.63) is 29.3 Å². The normalized spacial score (nSPS) is 32.0. The van der Waals surface area contributed by atoms with Crippen molar-refractivity contribution in [1.82, 2.24) is 0 Å². The summed E-state index contributed by atoms with van der Waals surface area (Å²) in [5.74, 6) is -2.45. The zero-order valence-corrected chi connectivity index (χ0v) is 12.2. The van der Waals surface area contributed by atoms with E-state index in [-0.39, 0.29) is 18.1 Å². The number of hydrogen-bond donors (Lipinski definition) is 2. The summed E-state index contributed by atoms with van der Waals surface area (Å²) in [7, 11) is 0. The van der Waals surface area contributed by atoms with E-state index in [9.17, 15) is 14.7 Å². The fraction of sp³-hybridized carbons (Fsp3) is 0.529. The van der Waals surface area contributed by atoms with Crippen LogP contribution in [-0.4, -0.2) is 29.2 Å². The Balaban J connectivity index is 1.53. The maximum atomic E-state index is 12.6. The number of rotatable bonds is 3. The van der Waals surface area contributed by atoms with Crippen LogP contribution in [-0.2, 0) is 27.2 Å². The standard InChI is InChI=1S/C17H19NO4/c19-16(14-12-6-7-13(22-12)15(14)17(20)21)18-11-5-4-9-2-1-3-10(9)8-11/h4-5,8,12-15H,1-3,6-7H2,(H,18,19)(H,20,21)/t12-,13-,14+,15-/m1/s1. The third kappa shape index (κ3) is 2.11. The van der Waals surface area contributed by atoms with Gasteiger partial charge in [0.05, 0.1) is 24.0 Å². The highest BCUT2D eigenvalue weighted by atomic mass is 16.5. The molecule has 4 rings (SSSR count). The van der Waals surface area contributed by atoms with Gasteiger partial charge in [0.15, 0.2) is 0 Å². The molecule has 0 radical (unpaired) electrons. The summed E-state index contributed by atoms with van der Waals surface area (Å²) in [6, 6.07) is 5.99. The molecule has 1 aliphatic carbocycles. The van der Waals surface area contributed by atoms with Crippen LogP contribution in [0.3, 0.4) is 0 Å². The molecular weight excluding hydrogens is 282 g/mol. The van der Waals surface area contributed by atoms with Gasteiger partial charge in [0.2, 0.25) is 5.91 Å². The van der Waals surface area contributed by atoms with Gasteiger partial charge in [-0.05, 0) is 55.4 Å². The summed E-state index contributed by atoms with van der Waals surface area (Å²) in [4.78, 5) is 24.0. The molecule has 2 saturated heterocycles. The summed E-state index contributed by atoms with van der Waals surface area (Å²) in [5.41, 5.74) is 3.40. The lowest BCUT2D eigenvalue weighted by atomic mass is 9.78. The smallest absolute Gasteiger partial charge is 0.310 e. The second kappa shape index (κ2) is 5.09. The van der Waals surface area contributed by atoms with Crippen LogP contribution < -0.4 is 5.32 Å². The lowest BCUT2D eigenvalue weighted by Gasteiger charge is -2.24. The summed E-state index contributed by atoms with van der Waals surface area (Å²) in [5, 5.41) is 12.3. The predicted octanol–water partition coefficient (Wildman–Crippen LogP) is 1.99. The molecule has 5 heteroatoms. The fourth-order valence-electron chi connectivity index (χ4n) is 4.20. The number of carbonyl (C=O) groups is 2. The van der Waals surface area contributed by atoms with Gasteiger partial charge in [-0.25, -0.2) is 0 Å². The molecule has 0 aromatic heterocycles. The molecule has 2 heterocycles. The number of aliphatic carboxylic acids is 1. The van der Waals surface area contributed by atoms with Crippen LogP contribution in [0.25, 0.3) is 0 Å². The molecule has 0 spiro atoms. The van der Waals surface area contributed by atoms with Crippen molar-refractivity contribution in [1.29, 1.82) is 0 Å². The van der Waals surface area contributed by atoms with Gasteiger partial charge < -0.3 is 15.2 Å². The second-order valence-corrected chi connectivity index (χ2v) is 6.51. The topological polar surface area (TPSA) is 75.6 Å². The molecular formula is C17H19NO4. The molecule has 116 valence electrons. The first kappa shape index (κ1) is 13.8. The average Bonchev–Trinajstić information content (AvgIpc) is 3.20. The Kier molecular flexibility index (Phi) is 3.18. The summed E-state index contributed by atoms with van der Waals surface area (Å²) in [6.45, 7) is 0. The molecule has 22 heavy (non-hydrogen) atoms. The van der Waals surface area contributed by atoms with Crippen molar-refractivity contribution in [3.63, 3.8) is 0 Å². The molecule has 0 saturated carbocycles. The number of hydrogen-bond acceptors (Lipinski definition) is 3. The number of carboxylic acids is 1. The Bertz CT molecular complexity index is 642. The summed E-state index contributed by atoms with van der Waals surface area (Å²) < 4.78 is 5.65. The van der Waals surface area contributed by atoms with Crippen LogP contribution in [0.2, 0.25) is 0 Å². The molecule has 1 aromatic carbocycles. The lowest BCUT2D eigenvalue weighted by Crippen LogP contribution is -2.40. The van der Waals surface area contributed by atoms with Crippen molar-refractivity contribution in [2.75, 3.05) is 5.32 Å². The number of benzene rings is 1. The second-order valence-electron chi connectivity index (χ2n) is 6.51. The molecule has 2 N–H and O–H groups in total. The van der Waals surface area contributed by atoms with E-state index >= 15 is 0 Å². The van der Waals surface area contributed by atoms with Gasteiger partial charge in [0.25, 0.3) is 0 Å². The maximum Gasteiger partial charge on any atom is 0.310 e. The number of fused-ring (bicyclic) bond motifs is 3. The van der Waals surface area contributed by atoms with Gasteiger partial charge in [-0.1, -0.05) is 6.07 Å². The van der Waals surface area contributed by atoms with Gasteiger partial charge in [0, 0.05) is 5.69 Å². The third-order valence-electron chi connectivity index (χ3n) is 5.23. The Hall–Kier alpha value is -1.88. The molecule has 4 atom stereocenters. The third-order valence-corrected chi connectivity index (χ3v) is 5.23. The number of carboxylic acid groups (broad SMARTS) is 1. The highest BCUT2D eigenvalue weighted by molar-refractivity contribution is 5.96. The first-order valence-electron chi connectivity index (χ1n) is 7.94. The van der Waals surface area contributed by atoms with E-state index < -0.39 is 17.8 Å². The number of carbonyl (C=O) groups excluding carboxylic acids is 1. The zero-order chi connectivity index (χ0) is 15.3. The minimum Gasteiger partial charge on any atom is -0.481 e. The SMILES string of the molecule is O=C(Nc1ccc2c(c1)CCC2)[C@@H]1[C@H](C(=O)O)[C@H]2CC[C@H]1O2. The zero-order valence-electron chi connectivity index (χ0n) is 12.2. The maximum absolute atomic E-state index is 12.6. The van der Waals surface area contributed by atoms with Crippen LogP contribution in [0.4, 0.5) is 5.69 Å². The molecule has 1 amide bonds. The van der Waals surface area contributed by atoms with Crippen LogP contribution in [0.15, 0.2) is 18.2 Å². The predicted molar refractivity (Wildman–Crippen MR) is 79.6 cm³/mol. The van der Waals surface area contributed by atoms with Crippen molar-refractivity contribution >= 4 is 17.6 Å². The summed E-state index contributed by atoms with van der Waals surface area (Å²) in [6.07, 6.45) is 4.27. The van der Waals surface area contributed by atoms with Crippen molar-refractivity contribution in [2.24, 2.45) is 11.8 Å². The largest absolute Gasteiger partial charge is 0.481 e. The van der Waals surface area contributed by atoms with Gasteiger partial charge >= 0.3 is 5.97 Å². The number of amides is 1. The first-order valence-corrected chi connectivity index (χ1v) is 7.94. The van der Waals surface area contributed by atoms with Crippen molar-refractivity contribution in [2.45, 2.75) is 44.3 Å². The fourth-order valence-corrected chi connectivity index (χ4v) is 4.20. The van der Waals surface area contributed by atoms with E-state index in [0.29, 0.717) is 0 Å². The molecule has 2 bridgehead atoms.